The monoisotopic (exact) mass is 456 g/mol. The quantitative estimate of drug-likeness (QED) is 0.200. The van der Waals surface area contributed by atoms with Gasteiger partial charge in [0, 0.05) is 37.2 Å². The third-order valence-corrected chi connectivity index (χ3v) is 10.3. The Kier molecular flexibility index (Phi) is 17.1. The van der Waals surface area contributed by atoms with Crippen LogP contribution in [0.25, 0.3) is 0 Å². The minimum absolute atomic E-state index is 0.903. The maximum Gasteiger partial charge on any atom is 0.0506 e. The summed E-state index contributed by atoms with van der Waals surface area (Å²) in [6.07, 6.45) is 24.9. The van der Waals surface area contributed by atoms with Crippen molar-refractivity contribution in [3.8, 4) is 0 Å². The van der Waals surface area contributed by atoms with E-state index in [4.69, 9.17) is 0 Å². The molecule has 2 aliphatic heterocycles. The van der Waals surface area contributed by atoms with E-state index in [1.54, 1.807) is 0 Å². The van der Waals surface area contributed by atoms with Crippen molar-refractivity contribution < 1.29 is 0 Å². The van der Waals surface area contributed by atoms with Crippen LogP contribution in [-0.2, 0) is 0 Å². The van der Waals surface area contributed by atoms with E-state index in [9.17, 15) is 0 Å². The van der Waals surface area contributed by atoms with Crippen LogP contribution in [0.4, 0.5) is 0 Å². The summed E-state index contributed by atoms with van der Waals surface area (Å²) in [6, 6.07) is 0. The lowest BCUT2D eigenvalue weighted by atomic mass is 10.0. The second-order valence-electron chi connectivity index (χ2n) is 9.64. The van der Waals surface area contributed by atoms with Gasteiger partial charge in [-0.3, -0.25) is 0 Å². The maximum atomic E-state index is 3.46. The van der Waals surface area contributed by atoms with Crippen LogP contribution in [0.15, 0.2) is 0 Å². The van der Waals surface area contributed by atoms with E-state index < -0.39 is 0 Å². The lowest BCUT2D eigenvalue weighted by molar-refractivity contribution is 0.239. The van der Waals surface area contributed by atoms with Crippen molar-refractivity contribution in [2.24, 2.45) is 0 Å². The third kappa shape index (κ3) is 13.9. The molecule has 2 rings (SSSR count). The molecule has 0 amide bonds. The van der Waals surface area contributed by atoms with E-state index >= 15 is 0 Å². The zero-order valence-corrected chi connectivity index (χ0v) is 21.8. The van der Waals surface area contributed by atoms with Gasteiger partial charge in [0.05, 0.1) is 4.58 Å². The van der Waals surface area contributed by atoms with Gasteiger partial charge in [0.15, 0.2) is 0 Å². The summed E-state index contributed by atoms with van der Waals surface area (Å²) in [5.74, 6) is 1.40. The fourth-order valence-electron chi connectivity index (χ4n) is 4.75. The molecule has 2 heterocycles. The molecule has 2 nitrogen and oxygen atoms in total. The number of hydrogen-bond donors (Lipinski definition) is 1. The highest BCUT2D eigenvalue weighted by Gasteiger charge is 2.25. The summed E-state index contributed by atoms with van der Waals surface area (Å²) in [4.78, 5) is 2.66. The van der Waals surface area contributed by atoms with Crippen molar-refractivity contribution in [1.82, 2.24) is 10.2 Å². The highest BCUT2D eigenvalue weighted by Crippen LogP contribution is 2.42. The molecule has 0 aliphatic carbocycles. The van der Waals surface area contributed by atoms with Crippen molar-refractivity contribution in [2.75, 3.05) is 38.5 Å². The van der Waals surface area contributed by atoms with Gasteiger partial charge in [-0.05, 0) is 19.4 Å². The van der Waals surface area contributed by atoms with Gasteiger partial charge in [0.1, 0.15) is 0 Å². The van der Waals surface area contributed by atoms with Crippen LogP contribution >= 0.6 is 23.5 Å². The molecular weight excluding hydrogens is 404 g/mol. The average Bonchev–Trinajstić information content (AvgIpc) is 3.23. The summed E-state index contributed by atoms with van der Waals surface area (Å²) in [6.45, 7) is 8.52. The molecule has 178 valence electrons. The molecule has 0 bridgehead atoms. The Morgan fingerprint density at radius 2 is 1.23 bits per heavy atom. The summed E-state index contributed by atoms with van der Waals surface area (Å²) >= 11 is 4.56. The van der Waals surface area contributed by atoms with Gasteiger partial charge in [-0.1, -0.05) is 103 Å². The van der Waals surface area contributed by atoms with E-state index in [1.165, 1.54) is 148 Å². The van der Waals surface area contributed by atoms with Gasteiger partial charge in [-0.2, -0.15) is 0 Å². The minimum atomic E-state index is 0.903. The number of thioether (sulfide) groups is 2. The normalized spacial score (nSPS) is 22.7. The fourth-order valence-corrected chi connectivity index (χ4v) is 8.23. The molecule has 2 fully saturated rings. The average molecular weight is 457 g/mol. The summed E-state index contributed by atoms with van der Waals surface area (Å²) in [5, 5.41) is 4.38. The smallest absolute Gasteiger partial charge is 0.0506 e. The van der Waals surface area contributed by atoms with Gasteiger partial charge in [-0.25, -0.2) is 0 Å². The number of rotatable bonds is 19. The molecule has 30 heavy (non-hydrogen) atoms. The molecule has 0 saturated carbocycles. The van der Waals surface area contributed by atoms with Gasteiger partial charge >= 0.3 is 0 Å². The SMILES string of the molecule is CCCCCCCCCCCCCCCCCC1SCC(CCN2CCNCC2)S1. The molecule has 0 aromatic rings. The van der Waals surface area contributed by atoms with E-state index in [0.717, 1.165) is 9.83 Å². The van der Waals surface area contributed by atoms with Crippen LogP contribution in [0.2, 0.25) is 0 Å². The molecule has 0 spiro atoms. The summed E-state index contributed by atoms with van der Waals surface area (Å²) < 4.78 is 0.903. The zero-order chi connectivity index (χ0) is 21.1. The number of nitrogens with zero attached hydrogens (tertiary/aromatic N) is 1. The first kappa shape index (κ1) is 26.9. The van der Waals surface area contributed by atoms with Crippen molar-refractivity contribution in [3.63, 3.8) is 0 Å². The molecule has 4 heteroatoms. The predicted molar refractivity (Wildman–Crippen MR) is 141 cm³/mol. The second kappa shape index (κ2) is 19.1. The molecule has 2 aliphatic rings. The summed E-state index contributed by atoms with van der Waals surface area (Å²) in [5.41, 5.74) is 0. The Labute approximate surface area is 197 Å². The van der Waals surface area contributed by atoms with Crippen LogP contribution in [0.1, 0.15) is 116 Å². The molecule has 2 saturated heterocycles. The third-order valence-electron chi connectivity index (χ3n) is 6.83. The van der Waals surface area contributed by atoms with Crippen molar-refractivity contribution in [2.45, 2.75) is 126 Å². The van der Waals surface area contributed by atoms with E-state index in [-0.39, 0.29) is 0 Å². The Morgan fingerprint density at radius 1 is 0.700 bits per heavy atom. The molecule has 0 radical (unpaired) electrons. The highest BCUT2D eigenvalue weighted by atomic mass is 32.2. The Morgan fingerprint density at radius 3 is 1.80 bits per heavy atom. The first-order valence-electron chi connectivity index (χ1n) is 13.6. The molecule has 2 unspecified atom stereocenters. The standard InChI is InChI=1S/C26H52N2S2/c1-2-3-4-5-6-7-8-9-10-11-12-13-14-15-16-17-26-29-24-25(30-26)18-21-28-22-19-27-20-23-28/h25-27H,2-24H2,1H3. The molecule has 2 atom stereocenters. The largest absolute Gasteiger partial charge is 0.314 e. The van der Waals surface area contributed by atoms with E-state index in [0.29, 0.717) is 0 Å². The minimum Gasteiger partial charge on any atom is -0.314 e. The Balaban J connectivity index is 1.28. The lowest BCUT2D eigenvalue weighted by Crippen LogP contribution is -2.44. The van der Waals surface area contributed by atoms with Gasteiger partial charge in [0.25, 0.3) is 0 Å². The number of piperazine rings is 1. The predicted octanol–water partition coefficient (Wildman–Crippen LogP) is 7.72. The number of unbranched alkanes of at least 4 members (excludes halogenated alkanes) is 14. The Hall–Kier alpha value is 0.620. The van der Waals surface area contributed by atoms with Crippen molar-refractivity contribution >= 4 is 23.5 Å². The molecule has 1 N–H and O–H groups in total. The maximum absolute atomic E-state index is 3.46. The van der Waals surface area contributed by atoms with Crippen LogP contribution in [-0.4, -0.2) is 53.2 Å². The Bertz CT molecular complexity index is 374. The lowest BCUT2D eigenvalue weighted by Gasteiger charge is -2.27. The van der Waals surface area contributed by atoms with Crippen molar-refractivity contribution in [1.29, 1.82) is 0 Å². The van der Waals surface area contributed by atoms with Crippen molar-refractivity contribution in [3.05, 3.63) is 0 Å². The molecule has 0 aromatic heterocycles. The number of hydrogen-bond acceptors (Lipinski definition) is 4. The van der Waals surface area contributed by atoms with Crippen LogP contribution < -0.4 is 5.32 Å². The van der Waals surface area contributed by atoms with Crippen LogP contribution in [0.5, 0.6) is 0 Å². The fraction of sp³-hybridized carbons (Fsp3) is 1.00. The second-order valence-corrected chi connectivity index (χ2v) is 12.7. The summed E-state index contributed by atoms with van der Waals surface area (Å²) in [7, 11) is 0. The van der Waals surface area contributed by atoms with Gasteiger partial charge in [-0.15, -0.1) is 23.5 Å². The topological polar surface area (TPSA) is 15.3 Å². The molecule has 0 aromatic carbocycles. The number of nitrogens with one attached hydrogen (secondary N) is 1. The molecular formula is C26H52N2S2. The first-order chi connectivity index (χ1) is 14.9. The van der Waals surface area contributed by atoms with Gasteiger partial charge < -0.3 is 10.2 Å². The highest BCUT2D eigenvalue weighted by molar-refractivity contribution is 8.20. The zero-order valence-electron chi connectivity index (χ0n) is 20.2. The first-order valence-corrected chi connectivity index (χ1v) is 15.6. The van der Waals surface area contributed by atoms with Crippen LogP contribution in [0.3, 0.4) is 0 Å². The van der Waals surface area contributed by atoms with E-state index in [2.05, 4.69) is 40.7 Å². The van der Waals surface area contributed by atoms with Crippen LogP contribution in [0, 0.1) is 0 Å². The van der Waals surface area contributed by atoms with Gasteiger partial charge in [0.2, 0.25) is 0 Å². The van der Waals surface area contributed by atoms with E-state index in [1.807, 2.05) is 0 Å².